The number of anilines is 1. The predicted octanol–water partition coefficient (Wildman–Crippen LogP) is 2.16. The highest BCUT2D eigenvalue weighted by Crippen LogP contribution is 2.18. The second-order valence-electron chi connectivity index (χ2n) is 4.11. The fourth-order valence-electron chi connectivity index (χ4n) is 1.71. The molecule has 0 amide bonds. The van der Waals surface area contributed by atoms with Gasteiger partial charge in [0.25, 0.3) is 0 Å². The zero-order chi connectivity index (χ0) is 13.8. The van der Waals surface area contributed by atoms with Crippen molar-refractivity contribution < 1.29 is 9.53 Å². The lowest BCUT2D eigenvalue weighted by atomic mass is 10.2. The van der Waals surface area contributed by atoms with Gasteiger partial charge >= 0.3 is 5.97 Å². The number of nitrogens with two attached hydrogens (primary N) is 1. The number of hydrogen-bond acceptors (Lipinski definition) is 4. The maximum atomic E-state index is 11.8. The van der Waals surface area contributed by atoms with Gasteiger partial charge in [-0.25, -0.2) is 4.79 Å². The van der Waals surface area contributed by atoms with E-state index in [2.05, 4.69) is 21.0 Å². The number of esters is 1. The standard InChI is InChI=1S/C13H14BrN3O2/c1-17-12(2-4-16-17)3-5-19-13(18)9-6-10(14)8-11(15)7-9/h2,4,6-8H,3,5,15H2,1H3. The molecule has 0 spiro atoms. The van der Waals surface area contributed by atoms with E-state index in [0.29, 0.717) is 24.3 Å². The molecule has 0 unspecified atom stereocenters. The summed E-state index contributed by atoms with van der Waals surface area (Å²) in [4.78, 5) is 11.8. The molecule has 0 atom stereocenters. The van der Waals surface area contributed by atoms with Crippen molar-refractivity contribution in [3.05, 3.63) is 46.2 Å². The van der Waals surface area contributed by atoms with E-state index in [0.717, 1.165) is 10.2 Å². The minimum atomic E-state index is -0.379. The molecule has 2 rings (SSSR count). The third-order valence-corrected chi connectivity index (χ3v) is 3.13. The SMILES string of the molecule is Cn1nccc1CCOC(=O)c1cc(N)cc(Br)c1. The zero-order valence-electron chi connectivity index (χ0n) is 10.5. The van der Waals surface area contributed by atoms with E-state index in [1.807, 2.05) is 13.1 Å². The van der Waals surface area contributed by atoms with E-state index in [1.54, 1.807) is 29.1 Å². The van der Waals surface area contributed by atoms with Gasteiger partial charge in [-0.2, -0.15) is 5.10 Å². The summed E-state index contributed by atoms with van der Waals surface area (Å²) in [6, 6.07) is 6.90. The van der Waals surface area contributed by atoms with E-state index in [-0.39, 0.29) is 5.97 Å². The number of aromatic nitrogens is 2. The highest BCUT2D eigenvalue weighted by atomic mass is 79.9. The lowest BCUT2D eigenvalue weighted by Gasteiger charge is -2.06. The van der Waals surface area contributed by atoms with E-state index >= 15 is 0 Å². The Morgan fingerprint density at radius 3 is 2.89 bits per heavy atom. The van der Waals surface area contributed by atoms with Crippen molar-refractivity contribution in [2.24, 2.45) is 7.05 Å². The normalized spacial score (nSPS) is 10.4. The minimum absolute atomic E-state index is 0.310. The van der Waals surface area contributed by atoms with Gasteiger partial charge in [-0.05, 0) is 24.3 Å². The van der Waals surface area contributed by atoms with Crippen molar-refractivity contribution in [1.82, 2.24) is 9.78 Å². The molecule has 2 N–H and O–H groups in total. The molecule has 2 aromatic rings. The molecular weight excluding hydrogens is 310 g/mol. The minimum Gasteiger partial charge on any atom is -0.462 e. The van der Waals surface area contributed by atoms with Crippen LogP contribution >= 0.6 is 15.9 Å². The van der Waals surface area contributed by atoms with Crippen LogP contribution in [-0.2, 0) is 18.2 Å². The first-order valence-electron chi connectivity index (χ1n) is 5.76. The monoisotopic (exact) mass is 323 g/mol. The van der Waals surface area contributed by atoms with Gasteiger partial charge in [0, 0.05) is 35.5 Å². The number of carbonyl (C=O) groups is 1. The third-order valence-electron chi connectivity index (χ3n) is 2.67. The van der Waals surface area contributed by atoms with Gasteiger partial charge in [0.15, 0.2) is 0 Å². The highest BCUT2D eigenvalue weighted by molar-refractivity contribution is 9.10. The average molecular weight is 324 g/mol. The number of carbonyl (C=O) groups excluding carboxylic acids is 1. The number of halogens is 1. The molecule has 5 nitrogen and oxygen atoms in total. The summed E-state index contributed by atoms with van der Waals surface area (Å²) in [6.07, 6.45) is 2.35. The van der Waals surface area contributed by atoms with Crippen LogP contribution in [0.1, 0.15) is 16.1 Å². The Hall–Kier alpha value is -1.82. The van der Waals surface area contributed by atoms with Crippen LogP contribution in [0.25, 0.3) is 0 Å². The van der Waals surface area contributed by atoms with Crippen molar-refractivity contribution in [2.45, 2.75) is 6.42 Å². The molecule has 0 aliphatic carbocycles. The summed E-state index contributed by atoms with van der Waals surface area (Å²) in [5.74, 6) is -0.379. The van der Waals surface area contributed by atoms with Gasteiger partial charge in [-0.15, -0.1) is 0 Å². The molecule has 100 valence electrons. The van der Waals surface area contributed by atoms with Crippen LogP contribution in [-0.4, -0.2) is 22.4 Å². The molecule has 0 fully saturated rings. The molecule has 6 heteroatoms. The Bertz CT molecular complexity index is 575. The number of ether oxygens (including phenoxy) is 1. The van der Waals surface area contributed by atoms with E-state index in [9.17, 15) is 4.79 Å². The maximum absolute atomic E-state index is 11.8. The lowest BCUT2D eigenvalue weighted by Crippen LogP contribution is -2.10. The first-order chi connectivity index (χ1) is 9.06. The zero-order valence-corrected chi connectivity index (χ0v) is 12.1. The van der Waals surface area contributed by atoms with Crippen LogP contribution in [0.4, 0.5) is 5.69 Å². The number of nitrogen functional groups attached to an aromatic ring is 1. The number of aryl methyl sites for hydroxylation is 1. The second kappa shape index (κ2) is 5.88. The Morgan fingerprint density at radius 2 is 2.26 bits per heavy atom. The molecule has 0 radical (unpaired) electrons. The van der Waals surface area contributed by atoms with Crippen molar-refractivity contribution in [3.63, 3.8) is 0 Å². The summed E-state index contributed by atoms with van der Waals surface area (Å²) < 4.78 is 7.72. The average Bonchev–Trinajstić information content (AvgIpc) is 2.74. The maximum Gasteiger partial charge on any atom is 0.338 e. The number of rotatable bonds is 4. The summed E-state index contributed by atoms with van der Waals surface area (Å²) in [5.41, 5.74) is 7.65. The summed E-state index contributed by atoms with van der Waals surface area (Å²) in [7, 11) is 1.85. The second-order valence-corrected chi connectivity index (χ2v) is 5.02. The molecule has 1 aromatic heterocycles. The third kappa shape index (κ3) is 3.57. The van der Waals surface area contributed by atoms with E-state index < -0.39 is 0 Å². The van der Waals surface area contributed by atoms with Crippen molar-refractivity contribution in [3.8, 4) is 0 Å². The molecular formula is C13H14BrN3O2. The summed E-state index contributed by atoms with van der Waals surface area (Å²) >= 11 is 3.29. The van der Waals surface area contributed by atoms with Crippen molar-refractivity contribution in [1.29, 1.82) is 0 Å². The summed E-state index contributed by atoms with van der Waals surface area (Å²) in [5, 5.41) is 4.05. The van der Waals surface area contributed by atoms with Crippen molar-refractivity contribution >= 4 is 27.6 Å². The fourth-order valence-corrected chi connectivity index (χ4v) is 2.22. The van der Waals surface area contributed by atoms with Gasteiger partial charge in [-0.3, -0.25) is 4.68 Å². The van der Waals surface area contributed by atoms with Crippen molar-refractivity contribution in [2.75, 3.05) is 12.3 Å². The van der Waals surface area contributed by atoms with Crippen LogP contribution in [0.2, 0.25) is 0 Å². The Kier molecular flexibility index (Phi) is 4.21. The molecule has 0 aliphatic rings. The van der Waals surface area contributed by atoms with Crippen LogP contribution in [0, 0.1) is 0 Å². The molecule has 19 heavy (non-hydrogen) atoms. The smallest absolute Gasteiger partial charge is 0.338 e. The molecule has 0 saturated heterocycles. The van der Waals surface area contributed by atoms with Gasteiger partial charge in [0.2, 0.25) is 0 Å². The molecule has 0 saturated carbocycles. The largest absolute Gasteiger partial charge is 0.462 e. The van der Waals surface area contributed by atoms with Gasteiger partial charge in [-0.1, -0.05) is 15.9 Å². The first kappa shape index (κ1) is 13.6. The van der Waals surface area contributed by atoms with E-state index in [1.165, 1.54) is 0 Å². The first-order valence-corrected chi connectivity index (χ1v) is 6.55. The predicted molar refractivity (Wildman–Crippen MR) is 75.7 cm³/mol. The van der Waals surface area contributed by atoms with Crippen LogP contribution < -0.4 is 5.73 Å². The highest BCUT2D eigenvalue weighted by Gasteiger charge is 2.09. The van der Waals surface area contributed by atoms with Gasteiger partial charge < -0.3 is 10.5 Å². The van der Waals surface area contributed by atoms with Gasteiger partial charge in [0.05, 0.1) is 12.2 Å². The van der Waals surface area contributed by atoms with Crippen LogP contribution in [0.3, 0.4) is 0 Å². The molecule has 0 bridgehead atoms. The summed E-state index contributed by atoms with van der Waals surface area (Å²) in [6.45, 7) is 0.310. The molecule has 1 heterocycles. The Labute approximate surface area is 119 Å². The number of benzene rings is 1. The Balaban J connectivity index is 1.92. The number of hydrogen-bond donors (Lipinski definition) is 1. The number of nitrogens with zero attached hydrogens (tertiary/aromatic N) is 2. The van der Waals surface area contributed by atoms with E-state index in [4.69, 9.17) is 10.5 Å². The Morgan fingerprint density at radius 1 is 1.47 bits per heavy atom. The van der Waals surface area contributed by atoms with Crippen LogP contribution in [0.5, 0.6) is 0 Å². The quantitative estimate of drug-likeness (QED) is 0.691. The fraction of sp³-hybridized carbons (Fsp3) is 0.231. The molecule has 1 aromatic carbocycles. The topological polar surface area (TPSA) is 70.1 Å². The van der Waals surface area contributed by atoms with Crippen LogP contribution in [0.15, 0.2) is 34.9 Å². The van der Waals surface area contributed by atoms with Gasteiger partial charge in [0.1, 0.15) is 0 Å². The lowest BCUT2D eigenvalue weighted by molar-refractivity contribution is 0.0507. The molecule has 0 aliphatic heterocycles.